The Morgan fingerprint density at radius 2 is 1.91 bits per heavy atom. The molecule has 178 valence electrons. The van der Waals surface area contributed by atoms with Gasteiger partial charge in [-0.15, -0.1) is 0 Å². The van der Waals surface area contributed by atoms with Gasteiger partial charge in [-0.25, -0.2) is 8.42 Å². The number of hydrogen-bond acceptors (Lipinski definition) is 8. The lowest BCUT2D eigenvalue weighted by molar-refractivity contribution is -0.142. The first-order valence-electron chi connectivity index (χ1n) is 10.9. The highest BCUT2D eigenvalue weighted by atomic mass is 32.2. The quantitative estimate of drug-likeness (QED) is 0.333. The van der Waals surface area contributed by atoms with Crippen molar-refractivity contribution in [1.82, 2.24) is 15.4 Å². The second-order valence-corrected chi connectivity index (χ2v) is 9.21. The number of esters is 1. The summed E-state index contributed by atoms with van der Waals surface area (Å²) in [5.41, 5.74) is 0.775. The molecular formula is C23H30N4O5S. The minimum absolute atomic E-state index is 0.0866. The van der Waals surface area contributed by atoms with Crippen molar-refractivity contribution in [3.05, 3.63) is 60.2 Å². The van der Waals surface area contributed by atoms with Gasteiger partial charge < -0.3 is 20.1 Å². The number of carbonyl (C=O) groups excluding carboxylic acids is 1. The summed E-state index contributed by atoms with van der Waals surface area (Å²) in [6.45, 7) is 3.09. The van der Waals surface area contributed by atoms with Gasteiger partial charge in [0, 0.05) is 19.6 Å². The summed E-state index contributed by atoms with van der Waals surface area (Å²) < 4.78 is 38.3. The Bertz CT molecular complexity index is 1030. The molecule has 0 bridgehead atoms. The van der Waals surface area contributed by atoms with Gasteiger partial charge in [0.25, 0.3) is 0 Å². The van der Waals surface area contributed by atoms with Crippen LogP contribution in [-0.2, 0) is 26.0 Å². The Morgan fingerprint density at radius 1 is 1.15 bits per heavy atom. The lowest BCUT2D eigenvalue weighted by atomic mass is 10.1. The van der Waals surface area contributed by atoms with Crippen LogP contribution in [0.5, 0.6) is 5.75 Å². The monoisotopic (exact) mass is 474 g/mol. The normalized spacial score (nSPS) is 14.5. The van der Waals surface area contributed by atoms with E-state index in [9.17, 15) is 13.2 Å². The maximum Gasteiger partial charge on any atom is 0.324 e. The number of benzene rings is 2. The van der Waals surface area contributed by atoms with Crippen molar-refractivity contribution >= 4 is 22.0 Å². The smallest absolute Gasteiger partial charge is 0.324 e. The summed E-state index contributed by atoms with van der Waals surface area (Å²) >= 11 is 0. The Hall–Kier alpha value is -3.11. The summed E-state index contributed by atoms with van der Waals surface area (Å²) in [5, 5.41) is 6.45. The molecule has 9 nitrogen and oxygen atoms in total. The van der Waals surface area contributed by atoms with Crippen LogP contribution in [0.3, 0.4) is 0 Å². The highest BCUT2D eigenvalue weighted by Gasteiger charge is 2.26. The van der Waals surface area contributed by atoms with Crippen LogP contribution < -0.4 is 20.1 Å². The molecular weight excluding hydrogens is 444 g/mol. The van der Waals surface area contributed by atoms with Gasteiger partial charge in [-0.2, -0.15) is 4.72 Å². The van der Waals surface area contributed by atoms with E-state index in [1.54, 1.807) is 42.5 Å². The van der Waals surface area contributed by atoms with Gasteiger partial charge >= 0.3 is 5.97 Å². The predicted molar refractivity (Wildman–Crippen MR) is 126 cm³/mol. The number of rotatable bonds is 11. The van der Waals surface area contributed by atoms with E-state index < -0.39 is 22.0 Å². The molecule has 0 aromatic heterocycles. The molecule has 0 spiro atoms. The van der Waals surface area contributed by atoms with Crippen molar-refractivity contribution in [2.45, 2.75) is 30.2 Å². The van der Waals surface area contributed by atoms with Crippen molar-refractivity contribution in [2.75, 3.05) is 33.4 Å². The van der Waals surface area contributed by atoms with Crippen molar-refractivity contribution < 1.29 is 22.7 Å². The highest BCUT2D eigenvalue weighted by molar-refractivity contribution is 7.89. The second kappa shape index (κ2) is 12.2. The molecule has 33 heavy (non-hydrogen) atoms. The average molecular weight is 475 g/mol. The summed E-state index contributed by atoms with van der Waals surface area (Å²) in [5.74, 6) is 0.888. The van der Waals surface area contributed by atoms with Gasteiger partial charge in [-0.05, 0) is 49.1 Å². The molecule has 0 amide bonds. The van der Waals surface area contributed by atoms with Crippen LogP contribution in [0.25, 0.3) is 0 Å². The molecule has 1 aliphatic heterocycles. The van der Waals surface area contributed by atoms with E-state index in [0.717, 1.165) is 44.0 Å². The minimum atomic E-state index is -3.86. The number of hydrogen-bond donors (Lipinski definition) is 3. The maximum atomic E-state index is 12.6. The molecule has 1 heterocycles. The van der Waals surface area contributed by atoms with Crippen molar-refractivity contribution in [2.24, 2.45) is 4.99 Å². The number of methoxy groups -OCH3 is 1. The van der Waals surface area contributed by atoms with Crippen LogP contribution in [0.15, 0.2) is 64.5 Å². The minimum Gasteiger partial charge on any atom is -0.494 e. The SMILES string of the molecule is COC(=O)[C@H](Cc1ccc(OCCCNC2=NCCCN2)cc1)NS(=O)(=O)c1ccccc1. The zero-order valence-corrected chi connectivity index (χ0v) is 19.4. The molecule has 0 fully saturated rings. The topological polar surface area (TPSA) is 118 Å². The largest absolute Gasteiger partial charge is 0.494 e. The second-order valence-electron chi connectivity index (χ2n) is 7.50. The lowest BCUT2D eigenvalue weighted by Crippen LogP contribution is -2.42. The number of carbonyl (C=O) groups is 1. The third-order valence-electron chi connectivity index (χ3n) is 4.98. The zero-order valence-electron chi connectivity index (χ0n) is 18.6. The van der Waals surface area contributed by atoms with Crippen LogP contribution in [0, 0.1) is 0 Å². The molecule has 0 unspecified atom stereocenters. The molecule has 2 aromatic carbocycles. The number of sulfonamides is 1. The van der Waals surface area contributed by atoms with E-state index in [1.165, 1.54) is 19.2 Å². The van der Waals surface area contributed by atoms with Gasteiger partial charge in [0.15, 0.2) is 5.96 Å². The fourth-order valence-electron chi connectivity index (χ4n) is 3.25. The highest BCUT2D eigenvalue weighted by Crippen LogP contribution is 2.16. The molecule has 0 radical (unpaired) electrons. The van der Waals surface area contributed by atoms with Crippen molar-refractivity contribution in [3.8, 4) is 5.75 Å². The molecule has 10 heteroatoms. The Kier molecular flexibility index (Phi) is 9.08. The van der Waals surface area contributed by atoms with Crippen LogP contribution in [-0.4, -0.2) is 59.7 Å². The molecule has 2 aromatic rings. The Morgan fingerprint density at radius 3 is 2.58 bits per heavy atom. The molecule has 0 aliphatic carbocycles. The summed E-state index contributed by atoms with van der Waals surface area (Å²) in [4.78, 5) is 16.7. The van der Waals surface area contributed by atoms with Crippen LogP contribution >= 0.6 is 0 Å². The molecule has 1 atom stereocenters. The molecule has 0 saturated heterocycles. The molecule has 0 saturated carbocycles. The summed E-state index contributed by atoms with van der Waals surface area (Å²) in [6, 6.07) is 14.1. The van der Waals surface area contributed by atoms with Crippen molar-refractivity contribution in [1.29, 1.82) is 0 Å². The molecule has 1 aliphatic rings. The average Bonchev–Trinajstić information content (AvgIpc) is 2.85. The van der Waals surface area contributed by atoms with Crippen molar-refractivity contribution in [3.63, 3.8) is 0 Å². The van der Waals surface area contributed by atoms with Gasteiger partial charge in [-0.3, -0.25) is 9.79 Å². The first-order valence-corrected chi connectivity index (χ1v) is 12.4. The van der Waals surface area contributed by atoms with Gasteiger partial charge in [0.2, 0.25) is 10.0 Å². The first kappa shape index (κ1) is 24.5. The summed E-state index contributed by atoms with van der Waals surface area (Å²) in [6.07, 6.45) is 2.02. The lowest BCUT2D eigenvalue weighted by Gasteiger charge is -2.17. The number of nitrogens with one attached hydrogen (secondary N) is 3. The van der Waals surface area contributed by atoms with Gasteiger partial charge in [0.05, 0.1) is 18.6 Å². The predicted octanol–water partition coefficient (Wildman–Crippen LogP) is 1.46. The molecule has 3 N–H and O–H groups in total. The van der Waals surface area contributed by atoms with Crippen LogP contribution in [0.4, 0.5) is 0 Å². The standard InChI is InChI=1S/C23H30N4O5S/c1-31-22(28)21(27-33(29,30)20-7-3-2-4-8-20)17-18-9-11-19(12-10-18)32-16-6-15-26-23-24-13-5-14-25-23/h2-4,7-12,21,27H,5-6,13-17H2,1H3,(H2,24,25,26)/t21-/m0/s1. The fraction of sp³-hybridized carbons (Fsp3) is 0.391. The third-order valence-corrected chi connectivity index (χ3v) is 6.47. The van der Waals surface area contributed by atoms with E-state index in [4.69, 9.17) is 9.47 Å². The molecule has 3 rings (SSSR count). The number of aliphatic imine (C=N–C) groups is 1. The van der Waals surface area contributed by atoms with E-state index in [2.05, 4.69) is 20.3 Å². The zero-order chi connectivity index (χ0) is 23.5. The Labute approximate surface area is 194 Å². The number of ether oxygens (including phenoxy) is 2. The van der Waals surface area contributed by atoms with E-state index in [0.29, 0.717) is 12.4 Å². The fourth-order valence-corrected chi connectivity index (χ4v) is 4.45. The Balaban J connectivity index is 1.50. The van der Waals surface area contributed by atoms with E-state index in [-0.39, 0.29) is 11.3 Å². The third kappa shape index (κ3) is 7.76. The van der Waals surface area contributed by atoms with Crippen LogP contribution in [0.2, 0.25) is 0 Å². The van der Waals surface area contributed by atoms with E-state index >= 15 is 0 Å². The number of nitrogens with zero attached hydrogens (tertiary/aromatic N) is 1. The maximum absolute atomic E-state index is 12.6. The van der Waals surface area contributed by atoms with E-state index in [1.807, 2.05) is 0 Å². The van der Waals surface area contributed by atoms with Crippen LogP contribution in [0.1, 0.15) is 18.4 Å². The van der Waals surface area contributed by atoms with Gasteiger partial charge in [0.1, 0.15) is 11.8 Å². The first-order chi connectivity index (χ1) is 16.0. The summed E-state index contributed by atoms with van der Waals surface area (Å²) in [7, 11) is -2.63. The number of guanidine groups is 1. The van der Waals surface area contributed by atoms with Gasteiger partial charge in [-0.1, -0.05) is 30.3 Å².